The van der Waals surface area contributed by atoms with E-state index in [0.29, 0.717) is 10.6 Å². The third-order valence-electron chi connectivity index (χ3n) is 9.09. The van der Waals surface area contributed by atoms with Gasteiger partial charge in [0, 0.05) is 36.8 Å². The van der Waals surface area contributed by atoms with Crippen molar-refractivity contribution in [1.29, 1.82) is 0 Å². The fraction of sp³-hybridized carbons (Fsp3) is 0.375. The molecule has 0 amide bonds. The van der Waals surface area contributed by atoms with Crippen LogP contribution in [-0.2, 0) is 48.9 Å². The first-order valence-electron chi connectivity index (χ1n) is 15.2. The molecular weight excluding hydrogens is 683 g/mol. The number of benzene rings is 2. The molecule has 1 unspecified atom stereocenters. The quantitative estimate of drug-likeness (QED) is 0.145. The Morgan fingerprint density at radius 2 is 1.64 bits per heavy atom. The molecule has 18 heteroatoms. The topological polar surface area (TPSA) is 139 Å². The molecule has 6 rings (SSSR count). The largest absolute Gasteiger partial charge is 0.455 e. The first-order chi connectivity index (χ1) is 23.5. The minimum absolute atomic E-state index is 0.00825. The Hall–Kier alpha value is -4.81. The van der Waals surface area contributed by atoms with Crippen LogP contribution in [-0.4, -0.2) is 32.0 Å². The Bertz CT molecular complexity index is 2060. The SMILES string of the molecule is NC(Cn1c(=O)c2c(n(Cc3c(F)cccc3C(F)(F)F)c1=O)COC21CCN(Cc2ccc(C(F)(F)F)o2)CC1)c1cccc([N+](=O)[O-])c1. The van der Waals surface area contributed by atoms with Gasteiger partial charge in [-0.05, 0) is 42.7 Å². The van der Waals surface area contributed by atoms with Crippen LogP contribution in [0.25, 0.3) is 0 Å². The first-order valence-corrected chi connectivity index (χ1v) is 15.2. The van der Waals surface area contributed by atoms with Gasteiger partial charge in [-0.15, -0.1) is 0 Å². The Morgan fingerprint density at radius 1 is 0.940 bits per heavy atom. The molecule has 0 saturated carbocycles. The highest BCUT2D eigenvalue weighted by molar-refractivity contribution is 5.37. The van der Waals surface area contributed by atoms with Crippen molar-refractivity contribution in [2.24, 2.45) is 5.73 Å². The second-order valence-corrected chi connectivity index (χ2v) is 12.2. The van der Waals surface area contributed by atoms with Gasteiger partial charge in [0.2, 0.25) is 5.76 Å². The van der Waals surface area contributed by atoms with Crippen LogP contribution >= 0.6 is 0 Å². The lowest BCUT2D eigenvalue weighted by Crippen LogP contribution is -2.49. The van der Waals surface area contributed by atoms with Crippen LogP contribution in [0.1, 0.15) is 58.4 Å². The molecule has 2 N–H and O–H groups in total. The van der Waals surface area contributed by atoms with Gasteiger partial charge in [0.05, 0.1) is 48.0 Å². The lowest BCUT2D eigenvalue weighted by molar-refractivity contribution is -0.384. The summed E-state index contributed by atoms with van der Waals surface area (Å²) in [6, 6.07) is 8.40. The van der Waals surface area contributed by atoms with E-state index >= 15 is 4.39 Å². The summed E-state index contributed by atoms with van der Waals surface area (Å²) in [5.41, 5.74) is 0.662. The molecular formula is C32H28F7N5O6. The number of alkyl halides is 6. The number of aromatic nitrogens is 2. The van der Waals surface area contributed by atoms with E-state index in [4.69, 9.17) is 14.9 Å². The number of furan rings is 1. The molecule has 2 aliphatic rings. The monoisotopic (exact) mass is 711 g/mol. The van der Waals surface area contributed by atoms with Crippen LogP contribution in [0.3, 0.4) is 0 Å². The summed E-state index contributed by atoms with van der Waals surface area (Å²) in [6.07, 6.45) is -9.44. The first kappa shape index (κ1) is 35.0. The summed E-state index contributed by atoms with van der Waals surface area (Å²) in [4.78, 5) is 40.6. The van der Waals surface area contributed by atoms with Crippen LogP contribution in [0, 0.1) is 15.9 Å². The van der Waals surface area contributed by atoms with Gasteiger partial charge in [0.25, 0.3) is 11.2 Å². The van der Waals surface area contributed by atoms with Crippen molar-refractivity contribution in [2.75, 3.05) is 13.1 Å². The number of likely N-dealkylation sites (tertiary alicyclic amines) is 1. The highest BCUT2D eigenvalue weighted by atomic mass is 19.4. The highest BCUT2D eigenvalue weighted by Gasteiger charge is 2.47. The second-order valence-electron chi connectivity index (χ2n) is 12.2. The zero-order valence-electron chi connectivity index (χ0n) is 25.9. The predicted octanol–water partition coefficient (Wildman–Crippen LogP) is 5.46. The van der Waals surface area contributed by atoms with Crippen LogP contribution < -0.4 is 17.0 Å². The number of nitrogens with two attached hydrogens (primary N) is 1. The predicted molar refractivity (Wildman–Crippen MR) is 160 cm³/mol. The van der Waals surface area contributed by atoms with E-state index in [1.54, 1.807) is 4.90 Å². The van der Waals surface area contributed by atoms with Gasteiger partial charge in [0.15, 0.2) is 0 Å². The maximum absolute atomic E-state index is 15.0. The number of piperidine rings is 1. The number of ether oxygens (including phenoxy) is 1. The maximum Gasteiger partial charge on any atom is 0.449 e. The summed E-state index contributed by atoms with van der Waals surface area (Å²) < 4.78 is 109. The van der Waals surface area contributed by atoms with Crippen LogP contribution in [0.2, 0.25) is 0 Å². The zero-order chi connectivity index (χ0) is 36.2. The Labute approximate surface area is 277 Å². The highest BCUT2D eigenvalue weighted by Crippen LogP contribution is 2.43. The standard InChI is InChI=1S/C32H28F7N5O6/c33-23-6-2-5-22(31(34,35)36)21(23)15-42-25-17-49-30(9-11-41(12-10-30)14-20-7-8-26(50-20)32(37,38)39)27(25)28(45)43(29(42)46)16-24(40)18-3-1-4-19(13-18)44(47)48/h1-8,13,24H,9-12,14-17,40H2. The van der Waals surface area contributed by atoms with Gasteiger partial charge in [0.1, 0.15) is 17.2 Å². The summed E-state index contributed by atoms with van der Waals surface area (Å²) >= 11 is 0. The molecule has 0 bridgehead atoms. The molecule has 266 valence electrons. The smallest absolute Gasteiger partial charge is 0.449 e. The minimum atomic E-state index is -4.98. The number of non-ortho nitro benzene ring substituents is 1. The molecule has 1 fully saturated rings. The van der Waals surface area contributed by atoms with Crippen molar-refractivity contribution in [3.8, 4) is 0 Å². The lowest BCUT2D eigenvalue weighted by atomic mass is 9.85. The summed E-state index contributed by atoms with van der Waals surface area (Å²) in [5.74, 6) is -2.34. The number of halogens is 7. The molecule has 4 aromatic rings. The normalized spacial score (nSPS) is 16.9. The van der Waals surface area contributed by atoms with Gasteiger partial charge in [-0.2, -0.15) is 26.3 Å². The fourth-order valence-corrected chi connectivity index (χ4v) is 6.57. The molecule has 1 saturated heterocycles. The van der Waals surface area contributed by atoms with Crippen molar-refractivity contribution in [3.63, 3.8) is 0 Å². The maximum atomic E-state index is 15.0. The average molecular weight is 712 g/mol. The number of hydrogen-bond acceptors (Lipinski definition) is 8. The van der Waals surface area contributed by atoms with E-state index in [2.05, 4.69) is 0 Å². The summed E-state index contributed by atoms with van der Waals surface area (Å²) in [5, 5.41) is 11.3. The van der Waals surface area contributed by atoms with Gasteiger partial charge in [-0.25, -0.2) is 9.18 Å². The van der Waals surface area contributed by atoms with E-state index < -0.39 is 76.0 Å². The van der Waals surface area contributed by atoms with Gasteiger partial charge >= 0.3 is 18.0 Å². The summed E-state index contributed by atoms with van der Waals surface area (Å²) in [7, 11) is 0. The van der Waals surface area contributed by atoms with Crippen LogP contribution in [0.5, 0.6) is 0 Å². The van der Waals surface area contributed by atoms with Gasteiger partial charge in [-0.1, -0.05) is 18.2 Å². The molecule has 2 aromatic carbocycles. The molecule has 50 heavy (non-hydrogen) atoms. The number of nitro benzene ring substituents is 1. The van der Waals surface area contributed by atoms with E-state index in [0.717, 1.165) is 28.8 Å². The zero-order valence-corrected chi connectivity index (χ0v) is 25.9. The second kappa shape index (κ2) is 12.8. The lowest BCUT2D eigenvalue weighted by Gasteiger charge is -2.38. The van der Waals surface area contributed by atoms with Crippen molar-refractivity contribution in [3.05, 3.63) is 131 Å². The van der Waals surface area contributed by atoms with Gasteiger partial charge in [-0.3, -0.25) is 28.9 Å². The van der Waals surface area contributed by atoms with E-state index in [1.807, 2.05) is 0 Å². The number of nitro groups is 1. The van der Waals surface area contributed by atoms with Gasteiger partial charge < -0.3 is 14.9 Å². The minimum Gasteiger partial charge on any atom is -0.455 e. The van der Waals surface area contributed by atoms with E-state index in [-0.39, 0.29) is 67.4 Å². The van der Waals surface area contributed by atoms with Crippen molar-refractivity contribution in [2.45, 2.75) is 63.1 Å². The molecule has 1 atom stereocenters. The van der Waals surface area contributed by atoms with Crippen molar-refractivity contribution < 1.29 is 44.8 Å². The molecule has 2 aromatic heterocycles. The van der Waals surface area contributed by atoms with E-state index in [9.17, 15) is 46.0 Å². The Balaban J connectivity index is 1.40. The van der Waals surface area contributed by atoms with Crippen molar-refractivity contribution >= 4 is 5.69 Å². The molecule has 1 spiro atoms. The number of nitrogens with zero attached hydrogens (tertiary/aromatic N) is 4. The number of hydrogen-bond donors (Lipinski definition) is 1. The Kier molecular flexibility index (Phi) is 8.98. The molecule has 11 nitrogen and oxygen atoms in total. The average Bonchev–Trinajstić information content (AvgIpc) is 3.68. The van der Waals surface area contributed by atoms with Crippen molar-refractivity contribution in [1.82, 2.24) is 14.0 Å². The van der Waals surface area contributed by atoms with Crippen LogP contribution in [0.4, 0.5) is 36.4 Å². The van der Waals surface area contributed by atoms with E-state index in [1.165, 1.54) is 24.3 Å². The molecule has 2 aliphatic heterocycles. The number of fused-ring (bicyclic) bond motifs is 2. The third kappa shape index (κ3) is 6.57. The molecule has 0 radical (unpaired) electrons. The number of rotatable bonds is 8. The fourth-order valence-electron chi connectivity index (χ4n) is 6.57. The van der Waals surface area contributed by atoms with Crippen LogP contribution in [0.15, 0.2) is 68.6 Å². The molecule has 4 heterocycles. The Morgan fingerprint density at radius 3 is 2.28 bits per heavy atom. The third-order valence-corrected chi connectivity index (χ3v) is 9.09. The summed E-state index contributed by atoms with van der Waals surface area (Å²) in [6.45, 7) is -1.44. The molecule has 0 aliphatic carbocycles.